The minimum absolute atomic E-state index is 0.00125. The van der Waals surface area contributed by atoms with Gasteiger partial charge in [0.1, 0.15) is 5.60 Å². The number of hydrogen-bond donors (Lipinski definition) is 0. The molecule has 1 saturated heterocycles. The molecule has 1 aliphatic rings. The summed E-state index contributed by atoms with van der Waals surface area (Å²) in [6.07, 6.45) is 6.30. The van der Waals surface area contributed by atoms with Crippen molar-refractivity contribution in [1.29, 1.82) is 0 Å². The molecule has 0 spiro atoms. The van der Waals surface area contributed by atoms with Crippen molar-refractivity contribution in [2.75, 3.05) is 26.2 Å². The van der Waals surface area contributed by atoms with Gasteiger partial charge in [0.25, 0.3) is 0 Å². The molecule has 1 aliphatic heterocycles. The summed E-state index contributed by atoms with van der Waals surface area (Å²) in [5.41, 5.74) is -0.513. The lowest BCUT2D eigenvalue weighted by atomic mass is 10.1. The number of terminal acetylenes is 1. The van der Waals surface area contributed by atoms with Crippen LogP contribution in [0.15, 0.2) is 0 Å². The Labute approximate surface area is 127 Å². The monoisotopic (exact) mass is 294 g/mol. The van der Waals surface area contributed by atoms with Gasteiger partial charge in [0, 0.05) is 38.5 Å². The summed E-state index contributed by atoms with van der Waals surface area (Å²) in [6.45, 7) is 9.73. The van der Waals surface area contributed by atoms with E-state index in [0.717, 1.165) is 6.42 Å². The van der Waals surface area contributed by atoms with E-state index in [9.17, 15) is 9.59 Å². The first kappa shape index (κ1) is 17.4. The summed E-state index contributed by atoms with van der Waals surface area (Å²) in [5.74, 6) is 2.69. The van der Waals surface area contributed by atoms with E-state index in [4.69, 9.17) is 11.2 Å². The van der Waals surface area contributed by atoms with Gasteiger partial charge in [0.05, 0.1) is 0 Å². The molecule has 5 nitrogen and oxygen atoms in total. The Hall–Kier alpha value is -1.70. The summed E-state index contributed by atoms with van der Waals surface area (Å²) in [7, 11) is 0. The van der Waals surface area contributed by atoms with Gasteiger partial charge in [0.15, 0.2) is 0 Å². The number of carbonyl (C=O) groups is 2. The van der Waals surface area contributed by atoms with Gasteiger partial charge in [-0.1, -0.05) is 6.92 Å². The van der Waals surface area contributed by atoms with Gasteiger partial charge < -0.3 is 14.5 Å². The van der Waals surface area contributed by atoms with Crippen LogP contribution in [0.1, 0.15) is 40.5 Å². The average Bonchev–Trinajstić information content (AvgIpc) is 2.73. The molecule has 1 unspecified atom stereocenters. The van der Waals surface area contributed by atoms with Gasteiger partial charge in [-0.25, -0.2) is 4.79 Å². The van der Waals surface area contributed by atoms with E-state index in [1.807, 2.05) is 27.7 Å². The third-order valence-electron chi connectivity index (χ3n) is 3.24. The van der Waals surface area contributed by atoms with Crippen molar-refractivity contribution in [2.45, 2.75) is 46.1 Å². The van der Waals surface area contributed by atoms with Gasteiger partial charge in [-0.3, -0.25) is 4.79 Å². The van der Waals surface area contributed by atoms with Gasteiger partial charge in [-0.15, -0.1) is 12.3 Å². The van der Waals surface area contributed by atoms with Crippen LogP contribution in [0, 0.1) is 18.3 Å². The van der Waals surface area contributed by atoms with Crippen LogP contribution < -0.4 is 0 Å². The molecule has 1 rings (SSSR count). The first-order valence-corrected chi connectivity index (χ1v) is 7.48. The summed E-state index contributed by atoms with van der Waals surface area (Å²) >= 11 is 0. The highest BCUT2D eigenvalue weighted by Gasteiger charge is 2.29. The summed E-state index contributed by atoms with van der Waals surface area (Å²) in [5, 5.41) is 0. The van der Waals surface area contributed by atoms with Gasteiger partial charge in [0.2, 0.25) is 5.91 Å². The number of hydrogen-bond acceptors (Lipinski definition) is 3. The van der Waals surface area contributed by atoms with Crippen LogP contribution in [-0.4, -0.2) is 53.6 Å². The molecule has 1 atom stereocenters. The third-order valence-corrected chi connectivity index (χ3v) is 3.24. The SMILES string of the molecule is C#CC1CC(=O)N(CCN(CCC)C(=O)OC(C)(C)C)C1. The molecule has 0 aliphatic carbocycles. The molecule has 1 heterocycles. The van der Waals surface area contributed by atoms with Crippen molar-refractivity contribution in [3.8, 4) is 12.3 Å². The van der Waals surface area contributed by atoms with E-state index in [1.165, 1.54) is 0 Å². The molecule has 21 heavy (non-hydrogen) atoms. The lowest BCUT2D eigenvalue weighted by molar-refractivity contribution is -0.127. The van der Waals surface area contributed by atoms with E-state index in [0.29, 0.717) is 32.6 Å². The zero-order chi connectivity index (χ0) is 16.0. The van der Waals surface area contributed by atoms with Crippen LogP contribution in [0.4, 0.5) is 4.79 Å². The molecule has 0 bridgehead atoms. The van der Waals surface area contributed by atoms with Crippen LogP contribution in [0.3, 0.4) is 0 Å². The molecule has 0 aromatic carbocycles. The van der Waals surface area contributed by atoms with Crippen molar-refractivity contribution in [1.82, 2.24) is 9.80 Å². The standard InChI is InChI=1S/C16H26N2O3/c1-6-8-17(15(20)21-16(3,4)5)9-10-18-12-13(7-2)11-14(18)19/h2,13H,6,8-12H2,1,3-5H3. The highest BCUT2D eigenvalue weighted by molar-refractivity contribution is 5.79. The Morgan fingerprint density at radius 3 is 2.62 bits per heavy atom. The molecule has 0 N–H and O–H groups in total. The summed E-state index contributed by atoms with van der Waals surface area (Å²) in [6, 6.07) is 0. The predicted octanol–water partition coefficient (Wildman–Crippen LogP) is 2.12. The van der Waals surface area contributed by atoms with Crippen LogP contribution in [0.5, 0.6) is 0 Å². The lowest BCUT2D eigenvalue weighted by Crippen LogP contribution is -2.42. The first-order valence-electron chi connectivity index (χ1n) is 7.48. The summed E-state index contributed by atoms with van der Waals surface area (Å²) in [4.78, 5) is 27.3. The minimum Gasteiger partial charge on any atom is -0.444 e. The van der Waals surface area contributed by atoms with Gasteiger partial charge in [-0.05, 0) is 27.2 Å². The normalized spacial score (nSPS) is 18.5. The maximum Gasteiger partial charge on any atom is 0.410 e. The van der Waals surface area contributed by atoms with E-state index >= 15 is 0 Å². The molecule has 0 aromatic heterocycles. The van der Waals surface area contributed by atoms with E-state index in [1.54, 1.807) is 9.80 Å². The topological polar surface area (TPSA) is 49.9 Å². The summed E-state index contributed by atoms with van der Waals surface area (Å²) < 4.78 is 5.39. The number of ether oxygens (including phenoxy) is 1. The van der Waals surface area contributed by atoms with E-state index in [2.05, 4.69) is 5.92 Å². The highest BCUT2D eigenvalue weighted by Crippen LogP contribution is 2.17. The van der Waals surface area contributed by atoms with Crippen molar-refractivity contribution in [3.05, 3.63) is 0 Å². The molecule has 5 heteroatoms. The molecule has 0 aromatic rings. The molecular formula is C16H26N2O3. The number of nitrogens with zero attached hydrogens (tertiary/aromatic N) is 2. The number of likely N-dealkylation sites (tertiary alicyclic amines) is 1. The van der Waals surface area contributed by atoms with Crippen LogP contribution in [-0.2, 0) is 9.53 Å². The highest BCUT2D eigenvalue weighted by atomic mass is 16.6. The second-order valence-corrected chi connectivity index (χ2v) is 6.37. The van der Waals surface area contributed by atoms with Crippen molar-refractivity contribution in [2.24, 2.45) is 5.92 Å². The first-order chi connectivity index (χ1) is 9.76. The van der Waals surface area contributed by atoms with Crippen LogP contribution >= 0.6 is 0 Å². The van der Waals surface area contributed by atoms with E-state index in [-0.39, 0.29) is 17.9 Å². The largest absolute Gasteiger partial charge is 0.444 e. The van der Waals surface area contributed by atoms with Crippen molar-refractivity contribution < 1.29 is 14.3 Å². The maximum atomic E-state index is 12.1. The average molecular weight is 294 g/mol. The molecule has 118 valence electrons. The van der Waals surface area contributed by atoms with Gasteiger partial charge >= 0.3 is 6.09 Å². The number of carbonyl (C=O) groups excluding carboxylic acids is 2. The van der Waals surface area contributed by atoms with Crippen molar-refractivity contribution in [3.63, 3.8) is 0 Å². The van der Waals surface area contributed by atoms with Crippen LogP contribution in [0.25, 0.3) is 0 Å². The quantitative estimate of drug-likeness (QED) is 0.730. The molecule has 0 radical (unpaired) electrons. The Balaban J connectivity index is 2.54. The fourth-order valence-electron chi connectivity index (χ4n) is 2.23. The Morgan fingerprint density at radius 2 is 2.14 bits per heavy atom. The van der Waals surface area contributed by atoms with Crippen LogP contribution in [0.2, 0.25) is 0 Å². The second-order valence-electron chi connectivity index (χ2n) is 6.37. The predicted molar refractivity (Wildman–Crippen MR) is 81.6 cm³/mol. The Bertz CT molecular complexity index is 420. The lowest BCUT2D eigenvalue weighted by Gasteiger charge is -2.28. The Morgan fingerprint density at radius 1 is 1.48 bits per heavy atom. The van der Waals surface area contributed by atoms with Crippen molar-refractivity contribution >= 4 is 12.0 Å². The Kier molecular flexibility index (Phi) is 6.07. The molecular weight excluding hydrogens is 268 g/mol. The number of amides is 2. The molecule has 1 fully saturated rings. The zero-order valence-corrected chi connectivity index (χ0v) is 13.5. The smallest absolute Gasteiger partial charge is 0.410 e. The maximum absolute atomic E-state index is 12.1. The number of rotatable bonds is 5. The van der Waals surface area contributed by atoms with E-state index < -0.39 is 5.60 Å². The minimum atomic E-state index is -0.513. The zero-order valence-electron chi connectivity index (χ0n) is 13.5. The molecule has 2 amide bonds. The fraction of sp³-hybridized carbons (Fsp3) is 0.750. The third kappa shape index (κ3) is 5.66. The van der Waals surface area contributed by atoms with Gasteiger partial charge in [-0.2, -0.15) is 0 Å². The fourth-order valence-corrected chi connectivity index (χ4v) is 2.23. The second kappa shape index (κ2) is 7.35. The molecule has 0 saturated carbocycles.